The van der Waals surface area contributed by atoms with Crippen LogP contribution in [0.5, 0.6) is 5.75 Å². The highest BCUT2D eigenvalue weighted by Gasteiger charge is 2.21. The van der Waals surface area contributed by atoms with E-state index in [9.17, 15) is 0 Å². The Morgan fingerprint density at radius 1 is 1.30 bits per heavy atom. The molecule has 2 rings (SSSR count). The van der Waals surface area contributed by atoms with E-state index >= 15 is 0 Å². The zero-order valence-corrected chi connectivity index (χ0v) is 12.9. The lowest BCUT2D eigenvalue weighted by atomic mass is 9.85. The minimum absolute atomic E-state index is 0.00951. The van der Waals surface area contributed by atoms with Crippen molar-refractivity contribution >= 4 is 0 Å². The summed E-state index contributed by atoms with van der Waals surface area (Å²) in [5.74, 6) is 0.905. The zero-order chi connectivity index (χ0) is 14.9. The van der Waals surface area contributed by atoms with Gasteiger partial charge in [0.1, 0.15) is 5.75 Å². The van der Waals surface area contributed by atoms with E-state index in [1.807, 2.05) is 19.1 Å². The van der Waals surface area contributed by atoms with E-state index in [1.54, 1.807) is 7.11 Å². The first-order valence-corrected chi connectivity index (χ1v) is 6.81. The van der Waals surface area contributed by atoms with Gasteiger partial charge in [-0.3, -0.25) is 5.10 Å². The molecule has 0 unspecified atom stereocenters. The second-order valence-electron chi connectivity index (χ2n) is 6.04. The predicted molar refractivity (Wildman–Crippen MR) is 81.9 cm³/mol. The van der Waals surface area contributed by atoms with E-state index in [4.69, 9.17) is 10.5 Å². The molecule has 0 fully saturated rings. The normalized spacial score (nSPS) is 11.7. The molecular formula is C16H23N3O. The van der Waals surface area contributed by atoms with Gasteiger partial charge in [0.05, 0.1) is 12.8 Å². The monoisotopic (exact) mass is 273 g/mol. The molecule has 20 heavy (non-hydrogen) atoms. The summed E-state index contributed by atoms with van der Waals surface area (Å²) in [6.45, 7) is 9.00. The molecule has 2 aromatic rings. The molecule has 0 saturated heterocycles. The number of methoxy groups -OCH3 is 1. The number of aryl methyl sites for hydroxylation is 1. The van der Waals surface area contributed by atoms with Gasteiger partial charge in [-0.15, -0.1) is 0 Å². The minimum Gasteiger partial charge on any atom is -0.496 e. The van der Waals surface area contributed by atoms with Crippen LogP contribution in [0.15, 0.2) is 18.2 Å². The van der Waals surface area contributed by atoms with Crippen molar-refractivity contribution in [1.82, 2.24) is 10.2 Å². The van der Waals surface area contributed by atoms with Gasteiger partial charge in [0.15, 0.2) is 0 Å². The first-order chi connectivity index (χ1) is 9.38. The number of hydrogen-bond acceptors (Lipinski definition) is 3. The summed E-state index contributed by atoms with van der Waals surface area (Å²) >= 11 is 0. The van der Waals surface area contributed by atoms with Gasteiger partial charge in [-0.25, -0.2) is 0 Å². The van der Waals surface area contributed by atoms with Crippen LogP contribution < -0.4 is 10.5 Å². The number of benzene rings is 1. The number of nitrogens with one attached hydrogen (secondary N) is 1. The van der Waals surface area contributed by atoms with Crippen molar-refractivity contribution in [2.75, 3.05) is 7.11 Å². The maximum atomic E-state index is 5.83. The van der Waals surface area contributed by atoms with Gasteiger partial charge in [-0.2, -0.15) is 5.10 Å². The van der Waals surface area contributed by atoms with Gasteiger partial charge < -0.3 is 10.5 Å². The number of rotatable bonds is 3. The van der Waals surface area contributed by atoms with Gasteiger partial charge in [0.25, 0.3) is 0 Å². The Morgan fingerprint density at radius 3 is 2.55 bits per heavy atom. The van der Waals surface area contributed by atoms with Crippen LogP contribution >= 0.6 is 0 Å². The van der Waals surface area contributed by atoms with E-state index < -0.39 is 0 Å². The fraction of sp³-hybridized carbons (Fsp3) is 0.438. The number of ether oxygens (including phenoxy) is 1. The van der Waals surface area contributed by atoms with Crippen molar-refractivity contribution in [2.45, 2.75) is 39.7 Å². The maximum absolute atomic E-state index is 5.83. The lowest BCUT2D eigenvalue weighted by Crippen LogP contribution is -2.13. The Balaban J connectivity index is 2.59. The highest BCUT2D eigenvalue weighted by Crippen LogP contribution is 2.35. The van der Waals surface area contributed by atoms with Crippen LogP contribution in [-0.2, 0) is 12.0 Å². The largest absolute Gasteiger partial charge is 0.496 e. The summed E-state index contributed by atoms with van der Waals surface area (Å²) in [4.78, 5) is 0. The maximum Gasteiger partial charge on any atom is 0.122 e. The quantitative estimate of drug-likeness (QED) is 0.903. The Bertz CT molecular complexity index is 609. The van der Waals surface area contributed by atoms with Crippen molar-refractivity contribution in [3.05, 3.63) is 35.0 Å². The van der Waals surface area contributed by atoms with E-state index in [-0.39, 0.29) is 5.41 Å². The second kappa shape index (κ2) is 5.29. The fourth-order valence-corrected chi connectivity index (χ4v) is 2.38. The third-order valence-corrected chi connectivity index (χ3v) is 3.56. The molecule has 0 spiro atoms. The molecule has 0 aliphatic carbocycles. The lowest BCUT2D eigenvalue weighted by Gasteiger charge is -2.22. The van der Waals surface area contributed by atoms with Crippen molar-refractivity contribution in [1.29, 1.82) is 0 Å². The van der Waals surface area contributed by atoms with Gasteiger partial charge in [0, 0.05) is 28.9 Å². The van der Waals surface area contributed by atoms with E-state index in [0.29, 0.717) is 6.54 Å². The molecule has 3 N–H and O–H groups in total. The molecular weight excluding hydrogens is 250 g/mol. The zero-order valence-electron chi connectivity index (χ0n) is 12.9. The molecule has 0 aliphatic heterocycles. The Kier molecular flexibility index (Phi) is 3.86. The van der Waals surface area contributed by atoms with Crippen LogP contribution in [0, 0.1) is 6.92 Å². The Hall–Kier alpha value is -1.81. The Labute approximate surface area is 120 Å². The summed E-state index contributed by atoms with van der Waals surface area (Å²) in [5.41, 5.74) is 11.1. The van der Waals surface area contributed by atoms with Crippen LogP contribution in [0.25, 0.3) is 11.3 Å². The van der Waals surface area contributed by atoms with E-state index in [1.165, 1.54) is 5.56 Å². The third kappa shape index (κ3) is 2.56. The average molecular weight is 273 g/mol. The highest BCUT2D eigenvalue weighted by atomic mass is 16.5. The molecule has 0 atom stereocenters. The smallest absolute Gasteiger partial charge is 0.122 e. The molecule has 1 aromatic heterocycles. The van der Waals surface area contributed by atoms with E-state index in [0.717, 1.165) is 28.3 Å². The first kappa shape index (κ1) is 14.6. The van der Waals surface area contributed by atoms with E-state index in [2.05, 4.69) is 37.0 Å². The summed E-state index contributed by atoms with van der Waals surface area (Å²) in [7, 11) is 1.70. The SMILES string of the molecule is COc1ccc(-c2n[nH]c(C)c2CN)cc1C(C)(C)C. The topological polar surface area (TPSA) is 63.9 Å². The molecule has 4 nitrogen and oxygen atoms in total. The number of hydrogen-bond donors (Lipinski definition) is 2. The average Bonchev–Trinajstić information content (AvgIpc) is 2.78. The first-order valence-electron chi connectivity index (χ1n) is 6.81. The second-order valence-corrected chi connectivity index (χ2v) is 6.04. The fourth-order valence-electron chi connectivity index (χ4n) is 2.38. The number of nitrogens with two attached hydrogens (primary N) is 1. The standard InChI is InChI=1S/C16H23N3O/c1-10-12(9-17)15(19-18-10)11-6-7-14(20-5)13(8-11)16(2,3)4/h6-8H,9,17H2,1-5H3,(H,18,19). The minimum atomic E-state index is 0.00951. The molecule has 1 heterocycles. The molecule has 0 radical (unpaired) electrons. The number of aromatic nitrogens is 2. The van der Waals surface area contributed by atoms with Crippen LogP contribution in [0.1, 0.15) is 37.6 Å². The van der Waals surface area contributed by atoms with Gasteiger partial charge in [-0.1, -0.05) is 20.8 Å². The number of nitrogens with zero attached hydrogens (tertiary/aromatic N) is 1. The molecule has 0 aliphatic rings. The predicted octanol–water partition coefficient (Wildman–Crippen LogP) is 3.15. The van der Waals surface area contributed by atoms with Crippen LogP contribution in [-0.4, -0.2) is 17.3 Å². The summed E-state index contributed by atoms with van der Waals surface area (Å²) in [6.07, 6.45) is 0. The molecule has 108 valence electrons. The van der Waals surface area contributed by atoms with Crippen molar-refractivity contribution in [3.8, 4) is 17.0 Å². The number of aromatic amines is 1. The molecule has 0 saturated carbocycles. The summed E-state index contributed by atoms with van der Waals surface area (Å²) in [6, 6.07) is 6.18. The molecule has 0 bridgehead atoms. The summed E-state index contributed by atoms with van der Waals surface area (Å²) in [5, 5.41) is 7.40. The van der Waals surface area contributed by atoms with Crippen molar-refractivity contribution in [3.63, 3.8) is 0 Å². The van der Waals surface area contributed by atoms with Crippen molar-refractivity contribution < 1.29 is 4.74 Å². The van der Waals surface area contributed by atoms with Crippen LogP contribution in [0.2, 0.25) is 0 Å². The lowest BCUT2D eigenvalue weighted by molar-refractivity contribution is 0.397. The summed E-state index contributed by atoms with van der Waals surface area (Å²) < 4.78 is 5.47. The van der Waals surface area contributed by atoms with Crippen molar-refractivity contribution in [2.24, 2.45) is 5.73 Å². The molecule has 4 heteroatoms. The van der Waals surface area contributed by atoms with Gasteiger partial charge in [-0.05, 0) is 30.5 Å². The molecule has 1 aromatic carbocycles. The third-order valence-electron chi connectivity index (χ3n) is 3.56. The van der Waals surface area contributed by atoms with Crippen LogP contribution in [0.3, 0.4) is 0 Å². The highest BCUT2D eigenvalue weighted by molar-refractivity contribution is 5.66. The van der Waals surface area contributed by atoms with Crippen LogP contribution in [0.4, 0.5) is 0 Å². The van der Waals surface area contributed by atoms with Gasteiger partial charge >= 0.3 is 0 Å². The van der Waals surface area contributed by atoms with Gasteiger partial charge in [0.2, 0.25) is 0 Å². The molecule has 0 amide bonds. The Morgan fingerprint density at radius 2 is 2.00 bits per heavy atom. The number of H-pyrrole nitrogens is 1.